The maximum atomic E-state index is 13.5. The summed E-state index contributed by atoms with van der Waals surface area (Å²) in [5.41, 5.74) is 3.28. The van der Waals surface area contributed by atoms with Crippen LogP contribution in [0.5, 0.6) is 5.75 Å². The number of hydrogen-bond acceptors (Lipinski definition) is 5. The number of rotatable bonds is 7. The van der Waals surface area contributed by atoms with Crippen LogP contribution in [0.3, 0.4) is 0 Å². The Morgan fingerprint density at radius 3 is 2.63 bits per heavy atom. The molecule has 0 saturated heterocycles. The Labute approximate surface area is 179 Å². The molecule has 2 heterocycles. The third-order valence-electron chi connectivity index (χ3n) is 4.82. The molecule has 0 aliphatic carbocycles. The molecule has 0 bridgehead atoms. The standard InChI is InChI=1S/C23H24N4O2S/c1-4-27-16(3)13-20(25-27)22(28)26(15-17-9-7-6-8-10-17)23-24-19-12-11-18(29-5-2)14-21(19)30-23/h6-14H,4-5,15H2,1-3H3. The van der Waals surface area contributed by atoms with Gasteiger partial charge in [-0.1, -0.05) is 41.7 Å². The van der Waals surface area contributed by atoms with Gasteiger partial charge in [0.25, 0.3) is 5.91 Å². The van der Waals surface area contributed by atoms with E-state index < -0.39 is 0 Å². The van der Waals surface area contributed by atoms with Gasteiger partial charge in [0.1, 0.15) is 5.75 Å². The molecule has 7 heteroatoms. The first-order chi connectivity index (χ1) is 14.6. The molecule has 0 aliphatic rings. The summed E-state index contributed by atoms with van der Waals surface area (Å²) in [5.74, 6) is 0.650. The molecular formula is C23H24N4O2S. The van der Waals surface area contributed by atoms with Crippen molar-refractivity contribution in [3.05, 3.63) is 71.5 Å². The minimum absolute atomic E-state index is 0.154. The van der Waals surface area contributed by atoms with Crippen LogP contribution < -0.4 is 9.64 Å². The molecule has 0 radical (unpaired) electrons. The van der Waals surface area contributed by atoms with Crippen molar-refractivity contribution in [2.45, 2.75) is 33.9 Å². The van der Waals surface area contributed by atoms with E-state index in [1.807, 2.05) is 80.1 Å². The highest BCUT2D eigenvalue weighted by Crippen LogP contribution is 2.33. The lowest BCUT2D eigenvalue weighted by Crippen LogP contribution is -2.30. The fourth-order valence-corrected chi connectivity index (χ4v) is 4.32. The van der Waals surface area contributed by atoms with Crippen molar-refractivity contribution in [3.8, 4) is 5.75 Å². The molecule has 0 fully saturated rings. The fourth-order valence-electron chi connectivity index (χ4n) is 3.33. The summed E-state index contributed by atoms with van der Waals surface area (Å²) in [4.78, 5) is 19.9. The summed E-state index contributed by atoms with van der Waals surface area (Å²) in [7, 11) is 0. The first kappa shape index (κ1) is 20.1. The van der Waals surface area contributed by atoms with Crippen LogP contribution in [0, 0.1) is 6.92 Å². The summed E-state index contributed by atoms with van der Waals surface area (Å²) in [6, 6.07) is 17.6. The SMILES string of the molecule is CCOc1ccc2nc(N(Cc3ccccc3)C(=O)c3cc(C)n(CC)n3)sc2c1. The van der Waals surface area contributed by atoms with Crippen LogP contribution in [0.2, 0.25) is 0 Å². The average Bonchev–Trinajstić information content (AvgIpc) is 3.35. The van der Waals surface area contributed by atoms with Crippen molar-refractivity contribution in [1.82, 2.24) is 14.8 Å². The molecule has 30 heavy (non-hydrogen) atoms. The number of thiazole rings is 1. The van der Waals surface area contributed by atoms with E-state index in [-0.39, 0.29) is 5.91 Å². The van der Waals surface area contributed by atoms with Gasteiger partial charge in [0.05, 0.1) is 23.4 Å². The highest BCUT2D eigenvalue weighted by atomic mass is 32.1. The van der Waals surface area contributed by atoms with Crippen molar-refractivity contribution in [1.29, 1.82) is 0 Å². The summed E-state index contributed by atoms with van der Waals surface area (Å²) in [6.45, 7) is 7.69. The molecule has 0 saturated carbocycles. The molecule has 0 N–H and O–H groups in total. The minimum atomic E-state index is -0.154. The maximum Gasteiger partial charge on any atom is 0.280 e. The van der Waals surface area contributed by atoms with E-state index >= 15 is 0 Å². The topological polar surface area (TPSA) is 60.2 Å². The summed E-state index contributed by atoms with van der Waals surface area (Å²) in [5, 5.41) is 5.14. The Morgan fingerprint density at radius 1 is 1.13 bits per heavy atom. The third kappa shape index (κ3) is 4.07. The maximum absolute atomic E-state index is 13.5. The molecule has 2 aromatic carbocycles. The quantitative estimate of drug-likeness (QED) is 0.419. The smallest absolute Gasteiger partial charge is 0.280 e. The third-order valence-corrected chi connectivity index (χ3v) is 5.86. The molecular weight excluding hydrogens is 396 g/mol. The van der Waals surface area contributed by atoms with E-state index in [0.717, 1.165) is 33.8 Å². The van der Waals surface area contributed by atoms with Crippen LogP contribution in [-0.4, -0.2) is 27.3 Å². The number of fused-ring (bicyclic) bond motifs is 1. The zero-order chi connectivity index (χ0) is 21.1. The van der Waals surface area contributed by atoms with E-state index in [1.54, 1.807) is 4.90 Å². The van der Waals surface area contributed by atoms with Gasteiger partial charge in [0, 0.05) is 12.2 Å². The molecule has 4 aromatic rings. The molecule has 1 amide bonds. The highest BCUT2D eigenvalue weighted by Gasteiger charge is 2.24. The Balaban J connectivity index is 1.74. The molecule has 0 aliphatic heterocycles. The van der Waals surface area contributed by atoms with Gasteiger partial charge >= 0.3 is 0 Å². The Hall–Kier alpha value is -3.19. The Kier molecular flexibility index (Phi) is 5.81. The predicted molar refractivity (Wildman–Crippen MR) is 120 cm³/mol. The van der Waals surface area contributed by atoms with Crippen molar-refractivity contribution in [2.75, 3.05) is 11.5 Å². The predicted octanol–water partition coefficient (Wildman–Crippen LogP) is 5.07. The number of carbonyl (C=O) groups is 1. The van der Waals surface area contributed by atoms with Gasteiger partial charge in [-0.15, -0.1) is 0 Å². The lowest BCUT2D eigenvalue weighted by atomic mass is 10.2. The molecule has 0 spiro atoms. The van der Waals surface area contributed by atoms with Gasteiger partial charge in [-0.2, -0.15) is 5.10 Å². The first-order valence-electron chi connectivity index (χ1n) is 10.0. The van der Waals surface area contributed by atoms with Gasteiger partial charge in [-0.25, -0.2) is 4.98 Å². The van der Waals surface area contributed by atoms with Crippen molar-refractivity contribution in [3.63, 3.8) is 0 Å². The summed E-state index contributed by atoms with van der Waals surface area (Å²) < 4.78 is 8.43. The van der Waals surface area contributed by atoms with Gasteiger partial charge < -0.3 is 4.74 Å². The zero-order valence-corrected chi connectivity index (χ0v) is 18.1. The van der Waals surface area contributed by atoms with Crippen molar-refractivity contribution in [2.24, 2.45) is 0 Å². The van der Waals surface area contributed by atoms with Gasteiger partial charge in [0.15, 0.2) is 10.8 Å². The molecule has 154 valence electrons. The number of aromatic nitrogens is 3. The van der Waals surface area contributed by atoms with Crippen LogP contribution in [0.4, 0.5) is 5.13 Å². The van der Waals surface area contributed by atoms with Crippen molar-refractivity contribution >= 4 is 32.6 Å². The van der Waals surface area contributed by atoms with Crippen LogP contribution in [0.15, 0.2) is 54.6 Å². The minimum Gasteiger partial charge on any atom is -0.494 e. The number of carbonyl (C=O) groups excluding carboxylic acids is 1. The van der Waals surface area contributed by atoms with Gasteiger partial charge in [-0.3, -0.25) is 14.4 Å². The van der Waals surface area contributed by atoms with E-state index in [2.05, 4.69) is 5.10 Å². The highest BCUT2D eigenvalue weighted by molar-refractivity contribution is 7.22. The van der Waals surface area contributed by atoms with Crippen LogP contribution in [-0.2, 0) is 13.1 Å². The second-order valence-electron chi connectivity index (χ2n) is 6.92. The second-order valence-corrected chi connectivity index (χ2v) is 7.93. The number of hydrogen-bond donors (Lipinski definition) is 0. The number of benzene rings is 2. The van der Waals surface area contributed by atoms with Crippen molar-refractivity contribution < 1.29 is 9.53 Å². The zero-order valence-electron chi connectivity index (χ0n) is 17.3. The average molecular weight is 421 g/mol. The monoisotopic (exact) mass is 420 g/mol. The number of aryl methyl sites for hydroxylation is 2. The van der Waals surface area contributed by atoms with E-state index in [1.165, 1.54) is 11.3 Å². The Bertz CT molecular complexity index is 1170. The molecule has 6 nitrogen and oxygen atoms in total. The molecule has 2 aromatic heterocycles. The summed E-state index contributed by atoms with van der Waals surface area (Å²) in [6.07, 6.45) is 0. The summed E-state index contributed by atoms with van der Waals surface area (Å²) >= 11 is 1.48. The van der Waals surface area contributed by atoms with E-state index in [0.29, 0.717) is 24.0 Å². The van der Waals surface area contributed by atoms with E-state index in [9.17, 15) is 4.79 Å². The number of amides is 1. The molecule has 0 unspecified atom stereocenters. The molecule has 4 rings (SSSR count). The Morgan fingerprint density at radius 2 is 1.93 bits per heavy atom. The largest absolute Gasteiger partial charge is 0.494 e. The van der Waals surface area contributed by atoms with Crippen LogP contribution in [0.1, 0.15) is 35.6 Å². The second kappa shape index (κ2) is 8.67. The number of nitrogens with zero attached hydrogens (tertiary/aromatic N) is 4. The lowest BCUT2D eigenvalue weighted by Gasteiger charge is -2.19. The first-order valence-corrected chi connectivity index (χ1v) is 10.8. The van der Waals surface area contributed by atoms with Crippen LogP contribution in [0.25, 0.3) is 10.2 Å². The van der Waals surface area contributed by atoms with E-state index in [4.69, 9.17) is 9.72 Å². The van der Waals surface area contributed by atoms with Crippen LogP contribution >= 0.6 is 11.3 Å². The number of ether oxygens (including phenoxy) is 1. The lowest BCUT2D eigenvalue weighted by molar-refractivity contribution is 0.0979. The van der Waals surface area contributed by atoms with Gasteiger partial charge in [-0.05, 0) is 50.6 Å². The normalized spacial score (nSPS) is 11.0. The molecule has 0 atom stereocenters. The fraction of sp³-hybridized carbons (Fsp3) is 0.261. The van der Waals surface area contributed by atoms with Gasteiger partial charge in [0.2, 0.25) is 0 Å². The number of anilines is 1.